The van der Waals surface area contributed by atoms with Gasteiger partial charge in [0.2, 0.25) is 5.91 Å². The summed E-state index contributed by atoms with van der Waals surface area (Å²) >= 11 is 5.85. The number of benzene rings is 1. The summed E-state index contributed by atoms with van der Waals surface area (Å²) in [5, 5.41) is 3.62. The highest BCUT2D eigenvalue weighted by Crippen LogP contribution is 2.22. The predicted octanol–water partition coefficient (Wildman–Crippen LogP) is 2.50. The fourth-order valence-corrected chi connectivity index (χ4v) is 1.82. The highest BCUT2D eigenvalue weighted by molar-refractivity contribution is 6.30. The lowest BCUT2D eigenvalue weighted by Gasteiger charge is -2.21. The molecule has 94 valence electrons. The van der Waals surface area contributed by atoms with Crippen LogP contribution in [0.3, 0.4) is 0 Å². The van der Waals surface area contributed by atoms with Crippen LogP contribution < -0.4 is 11.1 Å². The van der Waals surface area contributed by atoms with Crippen LogP contribution in [0.25, 0.3) is 0 Å². The third-order valence-corrected chi connectivity index (χ3v) is 2.75. The van der Waals surface area contributed by atoms with Gasteiger partial charge in [-0.25, -0.2) is 0 Å². The zero-order valence-electron chi connectivity index (χ0n) is 10.2. The molecule has 0 heterocycles. The van der Waals surface area contributed by atoms with Gasteiger partial charge in [0.05, 0.1) is 12.6 Å². The van der Waals surface area contributed by atoms with Crippen molar-refractivity contribution < 1.29 is 4.79 Å². The normalized spacial score (nSPS) is 12.5. The Balaban J connectivity index is 2.81. The maximum Gasteiger partial charge on any atom is 0.234 e. The number of carbonyl (C=O) groups excluding carboxylic acids is 1. The molecule has 0 radical (unpaired) electrons. The number of nitrogens with two attached hydrogens (primary N) is 1. The molecule has 1 atom stereocenters. The monoisotopic (exact) mass is 254 g/mol. The van der Waals surface area contributed by atoms with Crippen molar-refractivity contribution in [3.8, 4) is 0 Å². The first-order chi connectivity index (χ1) is 8.02. The third-order valence-electron chi connectivity index (χ3n) is 2.50. The second-order valence-electron chi connectivity index (χ2n) is 4.51. The van der Waals surface area contributed by atoms with E-state index < -0.39 is 0 Å². The Hall–Kier alpha value is -1.06. The number of amides is 1. The Labute approximate surface area is 107 Å². The summed E-state index contributed by atoms with van der Waals surface area (Å²) in [4.78, 5) is 11.4. The summed E-state index contributed by atoms with van der Waals surface area (Å²) in [5.41, 5.74) is 6.38. The molecular weight excluding hydrogens is 236 g/mol. The molecule has 0 bridgehead atoms. The van der Waals surface area contributed by atoms with Gasteiger partial charge in [0, 0.05) is 5.02 Å². The van der Waals surface area contributed by atoms with E-state index in [1.54, 1.807) is 0 Å². The average molecular weight is 255 g/mol. The van der Waals surface area contributed by atoms with Crippen molar-refractivity contribution in [1.82, 2.24) is 5.32 Å². The van der Waals surface area contributed by atoms with E-state index in [4.69, 9.17) is 17.3 Å². The van der Waals surface area contributed by atoms with Crippen molar-refractivity contribution >= 4 is 17.5 Å². The molecule has 1 unspecified atom stereocenters. The summed E-state index contributed by atoms with van der Waals surface area (Å²) < 4.78 is 0. The first kappa shape index (κ1) is 14.0. The van der Waals surface area contributed by atoms with Crippen molar-refractivity contribution in [2.24, 2.45) is 11.7 Å². The quantitative estimate of drug-likeness (QED) is 0.848. The zero-order valence-corrected chi connectivity index (χ0v) is 11.0. The topological polar surface area (TPSA) is 55.1 Å². The summed E-state index contributed by atoms with van der Waals surface area (Å²) in [6, 6.07) is 7.54. The first-order valence-corrected chi connectivity index (χ1v) is 6.15. The molecule has 3 N–H and O–H groups in total. The number of halogens is 1. The number of hydrogen-bond acceptors (Lipinski definition) is 2. The fourth-order valence-electron chi connectivity index (χ4n) is 1.70. The molecule has 0 saturated carbocycles. The van der Waals surface area contributed by atoms with Crippen LogP contribution in [0.2, 0.25) is 5.02 Å². The summed E-state index contributed by atoms with van der Waals surface area (Å²) in [7, 11) is 0. The highest BCUT2D eigenvalue weighted by atomic mass is 35.5. The van der Waals surface area contributed by atoms with Crippen LogP contribution in [-0.4, -0.2) is 12.5 Å². The molecule has 3 nitrogen and oxygen atoms in total. The Morgan fingerprint density at radius 3 is 2.41 bits per heavy atom. The molecule has 1 aromatic rings. The van der Waals surface area contributed by atoms with E-state index in [-0.39, 0.29) is 18.5 Å². The Morgan fingerprint density at radius 2 is 1.94 bits per heavy atom. The summed E-state index contributed by atoms with van der Waals surface area (Å²) in [5.74, 6) is 0.361. The van der Waals surface area contributed by atoms with Crippen LogP contribution in [0, 0.1) is 5.92 Å². The minimum atomic E-state index is -0.134. The van der Waals surface area contributed by atoms with E-state index in [1.807, 2.05) is 24.3 Å². The van der Waals surface area contributed by atoms with Crippen molar-refractivity contribution in [2.45, 2.75) is 26.3 Å². The summed E-state index contributed by atoms with van der Waals surface area (Å²) in [6.07, 6.45) is 0.882. The van der Waals surface area contributed by atoms with Gasteiger partial charge in [0.25, 0.3) is 0 Å². The molecule has 0 fully saturated rings. The van der Waals surface area contributed by atoms with Gasteiger partial charge in [-0.1, -0.05) is 37.6 Å². The number of hydrogen-bond donors (Lipinski definition) is 2. The van der Waals surface area contributed by atoms with Gasteiger partial charge in [-0.2, -0.15) is 0 Å². The van der Waals surface area contributed by atoms with Crippen LogP contribution in [-0.2, 0) is 4.79 Å². The Bertz CT molecular complexity index is 362. The largest absolute Gasteiger partial charge is 0.348 e. The molecule has 1 amide bonds. The average Bonchev–Trinajstić information content (AvgIpc) is 2.28. The van der Waals surface area contributed by atoms with E-state index in [9.17, 15) is 4.79 Å². The van der Waals surface area contributed by atoms with E-state index in [0.717, 1.165) is 12.0 Å². The molecule has 0 aliphatic carbocycles. The number of rotatable bonds is 5. The molecule has 0 aliphatic heterocycles. The predicted molar refractivity (Wildman–Crippen MR) is 70.8 cm³/mol. The molecule has 4 heteroatoms. The maximum atomic E-state index is 11.4. The van der Waals surface area contributed by atoms with Crippen molar-refractivity contribution in [3.63, 3.8) is 0 Å². The molecule has 1 aromatic carbocycles. The van der Waals surface area contributed by atoms with E-state index >= 15 is 0 Å². The van der Waals surface area contributed by atoms with E-state index in [2.05, 4.69) is 19.2 Å². The molecule has 1 rings (SSSR count). The molecule has 17 heavy (non-hydrogen) atoms. The lowest BCUT2D eigenvalue weighted by molar-refractivity contribution is -0.120. The van der Waals surface area contributed by atoms with Crippen molar-refractivity contribution in [1.29, 1.82) is 0 Å². The van der Waals surface area contributed by atoms with Gasteiger partial charge in [0.15, 0.2) is 0 Å². The minimum absolute atomic E-state index is 0.00307. The Morgan fingerprint density at radius 1 is 1.35 bits per heavy atom. The minimum Gasteiger partial charge on any atom is -0.348 e. The molecule has 0 aliphatic rings. The lowest BCUT2D eigenvalue weighted by Crippen LogP contribution is -2.34. The van der Waals surface area contributed by atoms with Crippen LogP contribution in [0.4, 0.5) is 0 Å². The van der Waals surface area contributed by atoms with E-state index in [0.29, 0.717) is 10.9 Å². The molecular formula is C13H19ClN2O. The molecule has 0 spiro atoms. The van der Waals surface area contributed by atoms with Crippen molar-refractivity contribution in [2.75, 3.05) is 6.54 Å². The van der Waals surface area contributed by atoms with Gasteiger partial charge in [-0.05, 0) is 30.0 Å². The SMILES string of the molecule is CC(C)CC(NC(=O)CN)c1ccc(Cl)cc1. The third kappa shape index (κ3) is 4.75. The van der Waals surface area contributed by atoms with Crippen LogP contribution in [0.1, 0.15) is 31.9 Å². The van der Waals surface area contributed by atoms with Crippen LogP contribution >= 0.6 is 11.6 Å². The second-order valence-corrected chi connectivity index (χ2v) is 4.94. The maximum absolute atomic E-state index is 11.4. The van der Waals surface area contributed by atoms with Crippen LogP contribution in [0.15, 0.2) is 24.3 Å². The Kier molecular flexibility index (Phi) is 5.45. The molecule has 0 saturated heterocycles. The zero-order chi connectivity index (χ0) is 12.8. The van der Waals surface area contributed by atoms with Gasteiger partial charge in [-0.15, -0.1) is 0 Å². The first-order valence-electron chi connectivity index (χ1n) is 5.77. The van der Waals surface area contributed by atoms with Gasteiger partial charge in [-0.3, -0.25) is 4.79 Å². The number of carbonyl (C=O) groups is 1. The van der Waals surface area contributed by atoms with Crippen molar-refractivity contribution in [3.05, 3.63) is 34.9 Å². The highest BCUT2D eigenvalue weighted by Gasteiger charge is 2.15. The van der Waals surface area contributed by atoms with E-state index in [1.165, 1.54) is 0 Å². The lowest BCUT2D eigenvalue weighted by atomic mass is 9.97. The summed E-state index contributed by atoms with van der Waals surface area (Å²) in [6.45, 7) is 4.26. The number of nitrogens with one attached hydrogen (secondary N) is 1. The second kappa shape index (κ2) is 6.62. The standard InChI is InChI=1S/C13H19ClN2O/c1-9(2)7-12(16-13(17)8-15)10-3-5-11(14)6-4-10/h3-6,9,12H,7-8,15H2,1-2H3,(H,16,17). The van der Waals surface area contributed by atoms with Crippen LogP contribution in [0.5, 0.6) is 0 Å². The smallest absolute Gasteiger partial charge is 0.234 e. The van der Waals surface area contributed by atoms with Gasteiger partial charge < -0.3 is 11.1 Å². The fraction of sp³-hybridized carbons (Fsp3) is 0.462. The van der Waals surface area contributed by atoms with Gasteiger partial charge >= 0.3 is 0 Å². The molecule has 0 aromatic heterocycles. The van der Waals surface area contributed by atoms with Gasteiger partial charge in [0.1, 0.15) is 0 Å².